The maximum Gasteiger partial charge on any atom is 0.310 e. The maximum absolute atomic E-state index is 11.9. The van der Waals surface area contributed by atoms with Crippen LogP contribution in [0.1, 0.15) is 37.6 Å². The molecule has 0 bridgehead atoms. The molecular formula is C17H21N3O4. The number of hydrogen-bond acceptors (Lipinski definition) is 5. The van der Waals surface area contributed by atoms with E-state index in [1.165, 1.54) is 12.1 Å². The lowest BCUT2D eigenvalue weighted by Gasteiger charge is -2.19. The Morgan fingerprint density at radius 1 is 1.29 bits per heavy atom. The molecule has 24 heavy (non-hydrogen) atoms. The van der Waals surface area contributed by atoms with E-state index in [9.17, 15) is 14.9 Å². The largest absolute Gasteiger partial charge is 0.460 e. The molecule has 0 spiro atoms. The Bertz CT molecular complexity index is 742. The molecular weight excluding hydrogens is 310 g/mol. The summed E-state index contributed by atoms with van der Waals surface area (Å²) in [5, 5.41) is 15.0. The summed E-state index contributed by atoms with van der Waals surface area (Å²) in [5.41, 5.74) is 2.13. The molecule has 2 aromatic rings. The van der Waals surface area contributed by atoms with E-state index >= 15 is 0 Å². The van der Waals surface area contributed by atoms with Crippen molar-refractivity contribution in [2.75, 3.05) is 0 Å². The summed E-state index contributed by atoms with van der Waals surface area (Å²) in [6.07, 6.45) is 1.83. The fourth-order valence-corrected chi connectivity index (χ4v) is 2.25. The molecule has 1 heterocycles. The van der Waals surface area contributed by atoms with Crippen molar-refractivity contribution in [3.63, 3.8) is 0 Å². The molecule has 0 fully saturated rings. The van der Waals surface area contributed by atoms with Crippen LogP contribution in [0.3, 0.4) is 0 Å². The summed E-state index contributed by atoms with van der Waals surface area (Å²) in [5.74, 6) is -0.291. The number of carbonyl (C=O) groups excluding carboxylic acids is 1. The Kier molecular flexibility index (Phi) is 5.02. The van der Waals surface area contributed by atoms with Crippen LogP contribution in [0.2, 0.25) is 0 Å². The van der Waals surface area contributed by atoms with Crippen molar-refractivity contribution in [3.8, 4) is 0 Å². The SMILES string of the molecule is Cc1c(CC(=O)OC(C)(C)C)cnn1Cc1ccc([N+](=O)[O-])cc1. The maximum atomic E-state index is 11.9. The van der Waals surface area contributed by atoms with Crippen LogP contribution in [0.25, 0.3) is 0 Å². The minimum absolute atomic E-state index is 0.0570. The van der Waals surface area contributed by atoms with E-state index in [1.807, 2.05) is 27.7 Å². The molecule has 7 nitrogen and oxygen atoms in total. The van der Waals surface area contributed by atoms with Crippen molar-refractivity contribution < 1.29 is 14.5 Å². The van der Waals surface area contributed by atoms with Gasteiger partial charge < -0.3 is 4.74 Å². The van der Waals surface area contributed by atoms with Crippen molar-refractivity contribution in [2.24, 2.45) is 0 Å². The topological polar surface area (TPSA) is 87.3 Å². The molecule has 0 aliphatic rings. The van der Waals surface area contributed by atoms with Gasteiger partial charge in [-0.1, -0.05) is 12.1 Å². The third-order valence-corrected chi connectivity index (χ3v) is 3.44. The summed E-state index contributed by atoms with van der Waals surface area (Å²) in [6.45, 7) is 7.86. The number of non-ortho nitro benzene ring substituents is 1. The summed E-state index contributed by atoms with van der Waals surface area (Å²) in [7, 11) is 0. The van der Waals surface area contributed by atoms with E-state index in [1.54, 1.807) is 23.0 Å². The molecule has 0 N–H and O–H groups in total. The second-order valence-electron chi connectivity index (χ2n) is 6.60. The molecule has 0 saturated carbocycles. The Hall–Kier alpha value is -2.70. The summed E-state index contributed by atoms with van der Waals surface area (Å²) >= 11 is 0. The lowest BCUT2D eigenvalue weighted by molar-refractivity contribution is -0.384. The van der Waals surface area contributed by atoms with Crippen molar-refractivity contribution in [3.05, 3.63) is 57.4 Å². The molecule has 2 rings (SSSR count). The quantitative estimate of drug-likeness (QED) is 0.477. The number of nitrogens with zero attached hydrogens (tertiary/aromatic N) is 3. The predicted octanol–water partition coefficient (Wildman–Crippen LogP) is 3.03. The van der Waals surface area contributed by atoms with E-state index < -0.39 is 10.5 Å². The third-order valence-electron chi connectivity index (χ3n) is 3.44. The number of nitro benzene ring substituents is 1. The van der Waals surface area contributed by atoms with Crippen molar-refractivity contribution in [1.29, 1.82) is 0 Å². The number of esters is 1. The van der Waals surface area contributed by atoms with E-state index in [0.29, 0.717) is 6.54 Å². The van der Waals surface area contributed by atoms with Crippen LogP contribution in [0, 0.1) is 17.0 Å². The average molecular weight is 331 g/mol. The zero-order chi connectivity index (χ0) is 17.9. The highest BCUT2D eigenvalue weighted by atomic mass is 16.6. The van der Waals surface area contributed by atoms with Gasteiger partial charge in [-0.05, 0) is 33.3 Å². The van der Waals surface area contributed by atoms with Crippen LogP contribution in [-0.4, -0.2) is 26.3 Å². The lowest BCUT2D eigenvalue weighted by Crippen LogP contribution is -2.25. The summed E-state index contributed by atoms with van der Waals surface area (Å²) < 4.78 is 7.08. The number of aromatic nitrogens is 2. The molecule has 0 unspecified atom stereocenters. The molecule has 0 aliphatic carbocycles. The normalized spacial score (nSPS) is 11.3. The highest BCUT2D eigenvalue weighted by molar-refractivity contribution is 5.73. The Morgan fingerprint density at radius 3 is 2.46 bits per heavy atom. The third kappa shape index (κ3) is 4.65. The number of ether oxygens (including phenoxy) is 1. The van der Waals surface area contributed by atoms with Crippen LogP contribution in [0.5, 0.6) is 0 Å². The fraction of sp³-hybridized carbons (Fsp3) is 0.412. The van der Waals surface area contributed by atoms with Gasteiger partial charge in [0.05, 0.1) is 24.1 Å². The van der Waals surface area contributed by atoms with Crippen LogP contribution < -0.4 is 0 Å². The van der Waals surface area contributed by atoms with Crippen molar-refractivity contribution >= 4 is 11.7 Å². The molecule has 0 amide bonds. The first-order chi connectivity index (χ1) is 11.2. The van der Waals surface area contributed by atoms with E-state index in [0.717, 1.165) is 16.8 Å². The molecule has 0 aliphatic heterocycles. The van der Waals surface area contributed by atoms with Gasteiger partial charge in [0.15, 0.2) is 0 Å². The first kappa shape index (κ1) is 17.7. The Morgan fingerprint density at radius 2 is 1.92 bits per heavy atom. The van der Waals surface area contributed by atoms with Gasteiger partial charge in [0.2, 0.25) is 0 Å². The van der Waals surface area contributed by atoms with Crippen LogP contribution in [0.4, 0.5) is 5.69 Å². The van der Waals surface area contributed by atoms with Gasteiger partial charge >= 0.3 is 5.97 Å². The van der Waals surface area contributed by atoms with Crippen LogP contribution >= 0.6 is 0 Å². The van der Waals surface area contributed by atoms with Gasteiger partial charge in [0.1, 0.15) is 5.60 Å². The van der Waals surface area contributed by atoms with Crippen LogP contribution in [-0.2, 0) is 22.5 Å². The number of benzene rings is 1. The summed E-state index contributed by atoms with van der Waals surface area (Å²) in [4.78, 5) is 22.2. The average Bonchev–Trinajstić information content (AvgIpc) is 2.79. The van der Waals surface area contributed by atoms with Gasteiger partial charge in [0, 0.05) is 23.4 Å². The molecule has 128 valence electrons. The summed E-state index contributed by atoms with van der Waals surface area (Å²) in [6, 6.07) is 6.34. The van der Waals surface area contributed by atoms with Crippen molar-refractivity contribution in [1.82, 2.24) is 9.78 Å². The van der Waals surface area contributed by atoms with Crippen molar-refractivity contribution in [2.45, 2.75) is 46.3 Å². The van der Waals surface area contributed by atoms with Gasteiger partial charge in [-0.15, -0.1) is 0 Å². The molecule has 7 heteroatoms. The first-order valence-corrected chi connectivity index (χ1v) is 7.62. The Labute approximate surface area is 140 Å². The van der Waals surface area contributed by atoms with Gasteiger partial charge in [-0.25, -0.2) is 0 Å². The highest BCUT2D eigenvalue weighted by Crippen LogP contribution is 2.16. The number of rotatable bonds is 5. The minimum atomic E-state index is -0.514. The zero-order valence-electron chi connectivity index (χ0n) is 14.3. The van der Waals surface area contributed by atoms with Gasteiger partial charge in [-0.3, -0.25) is 19.6 Å². The molecule has 0 atom stereocenters. The lowest BCUT2D eigenvalue weighted by atomic mass is 10.1. The van der Waals surface area contributed by atoms with E-state index in [-0.39, 0.29) is 18.1 Å². The Balaban J connectivity index is 2.06. The molecule has 1 aromatic carbocycles. The number of nitro groups is 1. The number of carbonyl (C=O) groups is 1. The molecule has 0 radical (unpaired) electrons. The number of hydrogen-bond donors (Lipinski definition) is 0. The standard InChI is InChI=1S/C17H21N3O4/c1-12-14(9-16(21)24-17(2,3)4)10-18-19(12)11-13-5-7-15(8-6-13)20(22)23/h5-8,10H,9,11H2,1-4H3. The van der Waals surface area contributed by atoms with E-state index in [2.05, 4.69) is 5.10 Å². The second kappa shape index (κ2) is 6.82. The van der Waals surface area contributed by atoms with Gasteiger partial charge in [-0.2, -0.15) is 5.10 Å². The predicted molar refractivity (Wildman–Crippen MR) is 88.7 cm³/mol. The zero-order valence-corrected chi connectivity index (χ0v) is 14.3. The smallest absolute Gasteiger partial charge is 0.310 e. The van der Waals surface area contributed by atoms with Gasteiger partial charge in [0.25, 0.3) is 5.69 Å². The van der Waals surface area contributed by atoms with Crippen LogP contribution in [0.15, 0.2) is 30.5 Å². The first-order valence-electron chi connectivity index (χ1n) is 7.62. The molecule has 1 aromatic heterocycles. The monoisotopic (exact) mass is 331 g/mol. The molecule has 0 saturated heterocycles. The highest BCUT2D eigenvalue weighted by Gasteiger charge is 2.18. The fourth-order valence-electron chi connectivity index (χ4n) is 2.25. The minimum Gasteiger partial charge on any atom is -0.460 e. The van der Waals surface area contributed by atoms with E-state index in [4.69, 9.17) is 4.74 Å². The second-order valence-corrected chi connectivity index (χ2v) is 6.60.